The smallest absolute Gasteiger partial charge is 0.262 e. The molecule has 0 aliphatic heterocycles. The van der Waals surface area contributed by atoms with Crippen molar-refractivity contribution in [1.29, 1.82) is 0 Å². The van der Waals surface area contributed by atoms with Crippen LogP contribution < -0.4 is 10.1 Å². The van der Waals surface area contributed by atoms with Crippen LogP contribution in [-0.4, -0.2) is 18.3 Å². The highest BCUT2D eigenvalue weighted by Gasteiger charge is 2.22. The second-order valence-corrected chi connectivity index (χ2v) is 5.49. The lowest BCUT2D eigenvalue weighted by molar-refractivity contribution is -0.118. The summed E-state index contributed by atoms with van der Waals surface area (Å²) in [4.78, 5) is 23.6. The first-order chi connectivity index (χ1) is 10.6. The van der Waals surface area contributed by atoms with Gasteiger partial charge in [-0.1, -0.05) is 23.7 Å². The highest BCUT2D eigenvalue weighted by Crippen LogP contribution is 2.30. The molecule has 112 valence electrons. The molecule has 0 fully saturated rings. The Morgan fingerprint density at radius 3 is 2.68 bits per heavy atom. The van der Waals surface area contributed by atoms with Crippen LogP contribution in [0.1, 0.15) is 22.3 Å². The molecule has 4 nitrogen and oxygen atoms in total. The molecule has 1 aliphatic rings. The Morgan fingerprint density at radius 2 is 1.91 bits per heavy atom. The van der Waals surface area contributed by atoms with Crippen molar-refractivity contribution in [2.75, 3.05) is 11.9 Å². The van der Waals surface area contributed by atoms with Crippen LogP contribution >= 0.6 is 11.6 Å². The molecule has 1 aliphatic carbocycles. The van der Waals surface area contributed by atoms with Crippen LogP contribution in [0.4, 0.5) is 5.69 Å². The van der Waals surface area contributed by atoms with Crippen molar-refractivity contribution in [3.05, 3.63) is 58.6 Å². The topological polar surface area (TPSA) is 55.4 Å². The van der Waals surface area contributed by atoms with Crippen molar-refractivity contribution in [3.63, 3.8) is 0 Å². The van der Waals surface area contributed by atoms with E-state index >= 15 is 0 Å². The number of rotatable bonds is 4. The highest BCUT2D eigenvalue weighted by molar-refractivity contribution is 6.30. The normalized spacial score (nSPS) is 12.9. The first-order valence-corrected chi connectivity index (χ1v) is 7.34. The minimum absolute atomic E-state index is 0.104. The summed E-state index contributed by atoms with van der Waals surface area (Å²) in [6, 6.07) is 12.2. The fourth-order valence-corrected chi connectivity index (χ4v) is 2.59. The number of anilines is 1. The zero-order valence-corrected chi connectivity index (χ0v) is 12.5. The number of ketones is 1. The number of Topliss-reactive ketones (excluding diaryl/α,β-unsaturated/α-hetero) is 1. The summed E-state index contributed by atoms with van der Waals surface area (Å²) in [5.41, 5.74) is 2.26. The van der Waals surface area contributed by atoms with Crippen molar-refractivity contribution in [3.8, 4) is 5.75 Å². The third kappa shape index (κ3) is 3.12. The molecule has 0 heterocycles. The van der Waals surface area contributed by atoms with E-state index in [1.807, 2.05) is 0 Å². The maximum absolute atomic E-state index is 11.9. The molecule has 22 heavy (non-hydrogen) atoms. The second-order valence-electron chi connectivity index (χ2n) is 5.05. The molecule has 1 N–H and O–H groups in total. The molecule has 0 saturated heterocycles. The van der Waals surface area contributed by atoms with Gasteiger partial charge in [0, 0.05) is 28.3 Å². The van der Waals surface area contributed by atoms with E-state index in [-0.39, 0.29) is 18.3 Å². The molecule has 0 unspecified atom stereocenters. The molecule has 0 aromatic heterocycles. The molecular formula is C17H14ClNO3. The zero-order valence-electron chi connectivity index (χ0n) is 11.8. The minimum atomic E-state index is -0.260. The number of carbonyl (C=O) groups excluding carboxylic acids is 2. The van der Waals surface area contributed by atoms with Gasteiger partial charge >= 0.3 is 0 Å². The molecule has 2 aromatic carbocycles. The maximum atomic E-state index is 11.9. The Bertz CT molecular complexity index is 725. The monoisotopic (exact) mass is 315 g/mol. The summed E-state index contributed by atoms with van der Waals surface area (Å²) in [6.07, 6.45) is 1.18. The van der Waals surface area contributed by atoms with Gasteiger partial charge in [-0.15, -0.1) is 0 Å². The molecule has 0 bridgehead atoms. The summed E-state index contributed by atoms with van der Waals surface area (Å²) in [5.74, 6) is 0.477. The minimum Gasteiger partial charge on any atom is -0.483 e. The number of hydrogen-bond donors (Lipinski definition) is 1. The molecule has 0 saturated carbocycles. The lowest BCUT2D eigenvalue weighted by Gasteiger charge is -2.10. The summed E-state index contributed by atoms with van der Waals surface area (Å²) in [5, 5.41) is 3.34. The lowest BCUT2D eigenvalue weighted by Crippen LogP contribution is -2.20. The molecule has 2 aromatic rings. The number of halogens is 1. The lowest BCUT2D eigenvalue weighted by atomic mass is 10.1. The number of carbonyl (C=O) groups is 2. The number of nitrogens with one attached hydrogen (secondary N) is 1. The van der Waals surface area contributed by atoms with Crippen molar-refractivity contribution < 1.29 is 14.3 Å². The van der Waals surface area contributed by atoms with Crippen molar-refractivity contribution in [2.45, 2.75) is 12.8 Å². The predicted molar refractivity (Wildman–Crippen MR) is 84.7 cm³/mol. The standard InChI is InChI=1S/C17H14ClNO3/c18-11-4-6-12(7-5-11)19-17(21)10-22-16-3-1-2-13-14(16)8-9-15(13)20/h1-7H,8-10H2,(H,19,21). The highest BCUT2D eigenvalue weighted by atomic mass is 35.5. The number of fused-ring (bicyclic) bond motifs is 1. The molecule has 0 spiro atoms. The second kappa shape index (κ2) is 6.20. The average molecular weight is 316 g/mol. The maximum Gasteiger partial charge on any atom is 0.262 e. The van der Waals surface area contributed by atoms with Crippen LogP contribution in [0.25, 0.3) is 0 Å². The van der Waals surface area contributed by atoms with Crippen LogP contribution in [0.2, 0.25) is 5.02 Å². The van der Waals surface area contributed by atoms with Crippen molar-refractivity contribution >= 4 is 29.0 Å². The van der Waals surface area contributed by atoms with E-state index in [1.165, 1.54) is 0 Å². The largest absolute Gasteiger partial charge is 0.483 e. The zero-order chi connectivity index (χ0) is 15.5. The fraction of sp³-hybridized carbons (Fsp3) is 0.176. The molecule has 5 heteroatoms. The van der Waals surface area contributed by atoms with Crippen LogP contribution in [0.3, 0.4) is 0 Å². The summed E-state index contributed by atoms with van der Waals surface area (Å²) < 4.78 is 5.56. The summed E-state index contributed by atoms with van der Waals surface area (Å²) in [7, 11) is 0. The van der Waals surface area contributed by atoms with Gasteiger partial charge < -0.3 is 10.1 Å². The van der Waals surface area contributed by atoms with E-state index in [9.17, 15) is 9.59 Å². The number of benzene rings is 2. The van der Waals surface area contributed by atoms with Crippen LogP contribution in [-0.2, 0) is 11.2 Å². The average Bonchev–Trinajstić information content (AvgIpc) is 2.90. The van der Waals surface area contributed by atoms with Gasteiger partial charge in [0.1, 0.15) is 5.75 Å². The third-order valence-corrected chi connectivity index (χ3v) is 3.77. The van der Waals surface area contributed by atoms with Gasteiger partial charge in [-0.2, -0.15) is 0 Å². The molecule has 3 rings (SSSR count). The van der Waals surface area contributed by atoms with E-state index in [1.54, 1.807) is 42.5 Å². The SMILES string of the molecule is O=C(COc1cccc2c1CCC2=O)Nc1ccc(Cl)cc1. The van der Waals surface area contributed by atoms with Gasteiger partial charge in [0.05, 0.1) is 0 Å². The van der Waals surface area contributed by atoms with E-state index in [0.29, 0.717) is 34.9 Å². The Morgan fingerprint density at radius 1 is 1.14 bits per heavy atom. The van der Waals surface area contributed by atoms with E-state index < -0.39 is 0 Å². The fourth-order valence-electron chi connectivity index (χ4n) is 2.47. The van der Waals surface area contributed by atoms with Gasteiger partial charge in [0.25, 0.3) is 5.91 Å². The molecule has 0 radical (unpaired) electrons. The quantitative estimate of drug-likeness (QED) is 0.939. The van der Waals surface area contributed by atoms with Crippen molar-refractivity contribution in [1.82, 2.24) is 0 Å². The van der Waals surface area contributed by atoms with E-state index in [4.69, 9.17) is 16.3 Å². The third-order valence-electron chi connectivity index (χ3n) is 3.52. The number of amides is 1. The Balaban J connectivity index is 1.62. The number of hydrogen-bond acceptors (Lipinski definition) is 3. The van der Waals surface area contributed by atoms with Crippen molar-refractivity contribution in [2.24, 2.45) is 0 Å². The van der Waals surface area contributed by atoms with Gasteiger partial charge in [-0.05, 0) is 36.8 Å². The van der Waals surface area contributed by atoms with Gasteiger partial charge in [0.2, 0.25) is 0 Å². The molecular weight excluding hydrogens is 302 g/mol. The van der Waals surface area contributed by atoms with Gasteiger partial charge in [-0.25, -0.2) is 0 Å². The van der Waals surface area contributed by atoms with Crippen LogP contribution in [0.5, 0.6) is 5.75 Å². The van der Waals surface area contributed by atoms with E-state index in [2.05, 4.69) is 5.32 Å². The first-order valence-electron chi connectivity index (χ1n) is 6.97. The van der Waals surface area contributed by atoms with Gasteiger partial charge in [0.15, 0.2) is 12.4 Å². The van der Waals surface area contributed by atoms with Crippen LogP contribution in [0.15, 0.2) is 42.5 Å². The summed E-state index contributed by atoms with van der Waals surface area (Å²) in [6.45, 7) is -0.104. The van der Waals surface area contributed by atoms with Gasteiger partial charge in [-0.3, -0.25) is 9.59 Å². The molecule has 1 amide bonds. The number of ether oxygens (including phenoxy) is 1. The first kappa shape index (κ1) is 14.6. The Labute approximate surface area is 133 Å². The molecule has 0 atom stereocenters. The predicted octanol–water partition coefficient (Wildman–Crippen LogP) is 3.49. The Hall–Kier alpha value is -2.33. The Kier molecular flexibility index (Phi) is 4.11. The summed E-state index contributed by atoms with van der Waals surface area (Å²) >= 11 is 5.79. The van der Waals surface area contributed by atoms with Crippen LogP contribution in [0, 0.1) is 0 Å². The van der Waals surface area contributed by atoms with E-state index in [0.717, 1.165) is 5.56 Å².